The van der Waals surface area contributed by atoms with Gasteiger partial charge in [-0.25, -0.2) is 0 Å². The molecule has 0 saturated heterocycles. The molecule has 0 saturated carbocycles. The van der Waals surface area contributed by atoms with E-state index < -0.39 is 0 Å². The zero-order chi connectivity index (χ0) is 13.1. The summed E-state index contributed by atoms with van der Waals surface area (Å²) < 4.78 is 0. The summed E-state index contributed by atoms with van der Waals surface area (Å²) in [5.41, 5.74) is 8.83. The number of aromatic nitrogens is 1. The molecule has 0 aliphatic carbocycles. The summed E-state index contributed by atoms with van der Waals surface area (Å²) in [4.78, 5) is 6.72. The largest absolute Gasteiger partial charge is 0.397 e. The van der Waals surface area contributed by atoms with Crippen LogP contribution in [0.4, 0.5) is 11.4 Å². The lowest BCUT2D eigenvalue weighted by molar-refractivity contribution is 0.593. The van der Waals surface area contributed by atoms with Crippen LogP contribution in [0.15, 0.2) is 30.5 Å². The molecule has 0 amide bonds. The SMILES string of the molecule is CCC(CC)N(C)c1ccc(N)c2ncccc12. The topological polar surface area (TPSA) is 42.1 Å². The number of pyridine rings is 1. The molecular formula is C15H21N3. The molecule has 0 aliphatic heterocycles. The van der Waals surface area contributed by atoms with Crippen LogP contribution < -0.4 is 10.6 Å². The monoisotopic (exact) mass is 243 g/mol. The van der Waals surface area contributed by atoms with Crippen molar-refractivity contribution in [2.24, 2.45) is 0 Å². The molecule has 0 atom stereocenters. The summed E-state index contributed by atoms with van der Waals surface area (Å²) in [6.45, 7) is 4.45. The fourth-order valence-corrected chi connectivity index (χ4v) is 2.52. The van der Waals surface area contributed by atoms with Gasteiger partial charge in [-0.3, -0.25) is 4.98 Å². The Morgan fingerprint density at radius 2 is 1.94 bits per heavy atom. The Morgan fingerprint density at radius 1 is 1.22 bits per heavy atom. The van der Waals surface area contributed by atoms with Gasteiger partial charge in [0.15, 0.2) is 0 Å². The van der Waals surface area contributed by atoms with Crippen molar-refractivity contribution < 1.29 is 0 Å². The first-order valence-corrected chi connectivity index (χ1v) is 6.55. The Balaban J connectivity index is 2.54. The second-order valence-electron chi connectivity index (χ2n) is 4.65. The number of nitrogens with two attached hydrogens (primary N) is 1. The number of nitrogen functional groups attached to an aromatic ring is 1. The average molecular weight is 243 g/mol. The summed E-state index contributed by atoms with van der Waals surface area (Å²) in [6.07, 6.45) is 4.07. The second-order valence-corrected chi connectivity index (χ2v) is 4.65. The summed E-state index contributed by atoms with van der Waals surface area (Å²) in [5, 5.41) is 1.13. The third-order valence-corrected chi connectivity index (χ3v) is 3.65. The minimum Gasteiger partial charge on any atom is -0.397 e. The highest BCUT2D eigenvalue weighted by Gasteiger charge is 2.14. The van der Waals surface area contributed by atoms with Crippen molar-refractivity contribution in [1.29, 1.82) is 0 Å². The zero-order valence-corrected chi connectivity index (χ0v) is 11.4. The van der Waals surface area contributed by atoms with E-state index in [1.165, 1.54) is 5.69 Å². The van der Waals surface area contributed by atoms with Gasteiger partial charge in [-0.05, 0) is 37.1 Å². The molecule has 0 spiro atoms. The van der Waals surface area contributed by atoms with E-state index in [0.717, 1.165) is 29.4 Å². The average Bonchev–Trinajstić information content (AvgIpc) is 2.41. The molecule has 18 heavy (non-hydrogen) atoms. The third-order valence-electron chi connectivity index (χ3n) is 3.65. The normalized spacial score (nSPS) is 11.1. The Kier molecular flexibility index (Phi) is 3.70. The molecule has 1 heterocycles. The van der Waals surface area contributed by atoms with Crippen LogP contribution in [-0.4, -0.2) is 18.1 Å². The van der Waals surface area contributed by atoms with Crippen LogP contribution in [0.25, 0.3) is 10.9 Å². The number of hydrogen-bond donors (Lipinski definition) is 1. The smallest absolute Gasteiger partial charge is 0.0951 e. The maximum atomic E-state index is 5.99. The van der Waals surface area contributed by atoms with Crippen molar-refractivity contribution in [3.63, 3.8) is 0 Å². The number of benzene rings is 1. The lowest BCUT2D eigenvalue weighted by atomic mass is 10.1. The Morgan fingerprint density at radius 3 is 2.61 bits per heavy atom. The van der Waals surface area contributed by atoms with Crippen molar-refractivity contribution in [3.8, 4) is 0 Å². The van der Waals surface area contributed by atoms with E-state index in [4.69, 9.17) is 5.73 Å². The fraction of sp³-hybridized carbons (Fsp3) is 0.400. The van der Waals surface area contributed by atoms with E-state index >= 15 is 0 Å². The molecule has 96 valence electrons. The molecule has 1 aromatic heterocycles. The van der Waals surface area contributed by atoms with Crippen molar-refractivity contribution in [2.75, 3.05) is 17.7 Å². The highest BCUT2D eigenvalue weighted by atomic mass is 15.1. The second kappa shape index (κ2) is 5.25. The van der Waals surface area contributed by atoms with E-state index in [1.807, 2.05) is 12.1 Å². The van der Waals surface area contributed by atoms with Gasteiger partial charge in [0.1, 0.15) is 0 Å². The maximum absolute atomic E-state index is 5.99. The highest BCUT2D eigenvalue weighted by molar-refractivity contribution is 5.98. The molecule has 2 rings (SSSR count). The van der Waals surface area contributed by atoms with Crippen LogP contribution in [0.2, 0.25) is 0 Å². The van der Waals surface area contributed by atoms with Crippen LogP contribution in [0.1, 0.15) is 26.7 Å². The molecule has 0 aliphatic rings. The molecule has 0 bridgehead atoms. The van der Waals surface area contributed by atoms with Crippen molar-refractivity contribution in [2.45, 2.75) is 32.7 Å². The first-order chi connectivity index (χ1) is 8.69. The van der Waals surface area contributed by atoms with E-state index in [-0.39, 0.29) is 0 Å². The van der Waals surface area contributed by atoms with E-state index in [1.54, 1.807) is 6.20 Å². The maximum Gasteiger partial charge on any atom is 0.0951 e. The summed E-state index contributed by atoms with van der Waals surface area (Å²) in [6, 6.07) is 8.65. The molecule has 3 heteroatoms. The number of hydrogen-bond acceptors (Lipinski definition) is 3. The third kappa shape index (κ3) is 2.13. The standard InChI is InChI=1S/C15H21N3/c1-4-11(5-2)18(3)14-9-8-13(16)15-12(14)7-6-10-17-15/h6-11H,4-5,16H2,1-3H3. The molecule has 1 aromatic carbocycles. The van der Waals surface area contributed by atoms with Crippen LogP contribution in [0.3, 0.4) is 0 Å². The van der Waals surface area contributed by atoms with Crippen LogP contribution in [-0.2, 0) is 0 Å². The van der Waals surface area contributed by atoms with Gasteiger partial charge in [-0.2, -0.15) is 0 Å². The molecule has 2 aromatic rings. The van der Waals surface area contributed by atoms with Crippen LogP contribution >= 0.6 is 0 Å². The summed E-state index contributed by atoms with van der Waals surface area (Å²) >= 11 is 0. The summed E-state index contributed by atoms with van der Waals surface area (Å²) in [7, 11) is 2.15. The van der Waals surface area contributed by atoms with Crippen LogP contribution in [0, 0.1) is 0 Å². The number of rotatable bonds is 4. The molecule has 0 radical (unpaired) electrons. The number of fused-ring (bicyclic) bond motifs is 1. The predicted molar refractivity (Wildman–Crippen MR) is 78.9 cm³/mol. The molecule has 0 fully saturated rings. The van der Waals surface area contributed by atoms with Gasteiger partial charge >= 0.3 is 0 Å². The van der Waals surface area contributed by atoms with Crippen molar-refractivity contribution in [1.82, 2.24) is 4.98 Å². The number of anilines is 2. The van der Waals surface area contributed by atoms with Gasteiger partial charge < -0.3 is 10.6 Å². The van der Waals surface area contributed by atoms with Gasteiger partial charge in [0.25, 0.3) is 0 Å². The van der Waals surface area contributed by atoms with Gasteiger partial charge in [0.05, 0.1) is 11.2 Å². The molecular weight excluding hydrogens is 222 g/mol. The quantitative estimate of drug-likeness (QED) is 0.836. The van der Waals surface area contributed by atoms with E-state index in [0.29, 0.717) is 6.04 Å². The van der Waals surface area contributed by atoms with Crippen LogP contribution in [0.5, 0.6) is 0 Å². The molecule has 2 N–H and O–H groups in total. The Bertz CT molecular complexity index is 532. The minimum atomic E-state index is 0.553. The van der Waals surface area contributed by atoms with Crippen molar-refractivity contribution in [3.05, 3.63) is 30.5 Å². The Hall–Kier alpha value is -1.77. The Labute approximate surface area is 109 Å². The first-order valence-electron chi connectivity index (χ1n) is 6.55. The predicted octanol–water partition coefficient (Wildman–Crippen LogP) is 3.44. The van der Waals surface area contributed by atoms with Gasteiger partial charge in [0, 0.05) is 30.4 Å². The van der Waals surface area contributed by atoms with E-state index in [9.17, 15) is 0 Å². The summed E-state index contributed by atoms with van der Waals surface area (Å²) in [5.74, 6) is 0. The fourth-order valence-electron chi connectivity index (χ4n) is 2.52. The van der Waals surface area contributed by atoms with Gasteiger partial charge in [-0.15, -0.1) is 0 Å². The van der Waals surface area contributed by atoms with E-state index in [2.05, 4.69) is 42.9 Å². The molecule has 3 nitrogen and oxygen atoms in total. The highest BCUT2D eigenvalue weighted by Crippen LogP contribution is 2.30. The zero-order valence-electron chi connectivity index (χ0n) is 11.4. The van der Waals surface area contributed by atoms with Crippen molar-refractivity contribution >= 4 is 22.3 Å². The number of nitrogens with zero attached hydrogens (tertiary/aromatic N) is 2. The lowest BCUT2D eigenvalue weighted by Gasteiger charge is -2.29. The molecule has 0 unspecified atom stereocenters. The first kappa shape index (κ1) is 12.7. The lowest BCUT2D eigenvalue weighted by Crippen LogP contribution is -2.30. The van der Waals surface area contributed by atoms with Gasteiger partial charge in [-0.1, -0.05) is 13.8 Å². The minimum absolute atomic E-state index is 0.553. The van der Waals surface area contributed by atoms with Gasteiger partial charge in [0.2, 0.25) is 0 Å².